The Morgan fingerprint density at radius 1 is 1.04 bits per heavy atom. The second kappa shape index (κ2) is 7.32. The average Bonchev–Trinajstić information content (AvgIpc) is 2.91. The molecule has 0 unspecified atom stereocenters. The molecule has 1 aromatic heterocycles. The molecule has 0 atom stereocenters. The van der Waals surface area contributed by atoms with Gasteiger partial charge in [-0.3, -0.25) is 0 Å². The maximum atomic E-state index is 5.97. The molecular formula is C20H24N2O. The summed E-state index contributed by atoms with van der Waals surface area (Å²) in [6.45, 7) is 5.81. The molecular weight excluding hydrogens is 284 g/mol. The number of unbranched alkanes of at least 4 members (excludes halogenated alkanes) is 2. The highest BCUT2D eigenvalue weighted by atomic mass is 16.5. The van der Waals surface area contributed by atoms with Crippen molar-refractivity contribution >= 4 is 11.0 Å². The maximum absolute atomic E-state index is 5.97. The molecule has 0 saturated heterocycles. The van der Waals surface area contributed by atoms with Crippen LogP contribution in [-0.4, -0.2) is 9.55 Å². The molecule has 0 fully saturated rings. The first-order valence-corrected chi connectivity index (χ1v) is 8.41. The normalized spacial score (nSPS) is 11.0. The van der Waals surface area contributed by atoms with Crippen molar-refractivity contribution in [1.82, 2.24) is 9.55 Å². The van der Waals surface area contributed by atoms with Crippen molar-refractivity contribution in [1.29, 1.82) is 0 Å². The fraction of sp³-hybridized carbons (Fsp3) is 0.350. The van der Waals surface area contributed by atoms with Crippen LogP contribution >= 0.6 is 0 Å². The van der Waals surface area contributed by atoms with Crippen LogP contribution in [0.25, 0.3) is 11.0 Å². The molecule has 0 saturated carbocycles. The molecule has 0 aliphatic heterocycles. The lowest BCUT2D eigenvalue weighted by molar-refractivity contribution is 0.289. The van der Waals surface area contributed by atoms with Gasteiger partial charge in [-0.05, 0) is 43.2 Å². The largest absolute Gasteiger partial charge is 0.486 e. The molecule has 2 aromatic carbocycles. The van der Waals surface area contributed by atoms with E-state index in [1.165, 1.54) is 30.3 Å². The number of fused-ring (bicyclic) bond motifs is 1. The zero-order valence-corrected chi connectivity index (χ0v) is 14.0. The van der Waals surface area contributed by atoms with Crippen LogP contribution in [0.1, 0.15) is 37.6 Å². The summed E-state index contributed by atoms with van der Waals surface area (Å²) in [6.07, 6.45) is 3.64. The first-order valence-electron chi connectivity index (χ1n) is 8.41. The summed E-state index contributed by atoms with van der Waals surface area (Å²) in [6, 6.07) is 16.5. The monoisotopic (exact) mass is 308 g/mol. The van der Waals surface area contributed by atoms with E-state index in [4.69, 9.17) is 9.72 Å². The summed E-state index contributed by atoms with van der Waals surface area (Å²) in [5, 5.41) is 0. The van der Waals surface area contributed by atoms with Crippen molar-refractivity contribution in [3.05, 3.63) is 59.9 Å². The highest BCUT2D eigenvalue weighted by Gasteiger charge is 2.10. The van der Waals surface area contributed by atoms with E-state index in [-0.39, 0.29) is 0 Å². The van der Waals surface area contributed by atoms with Crippen LogP contribution in [0.15, 0.2) is 48.5 Å². The molecule has 0 bridgehead atoms. The maximum Gasteiger partial charge on any atom is 0.147 e. The van der Waals surface area contributed by atoms with Gasteiger partial charge in [-0.15, -0.1) is 0 Å². The number of nitrogens with zero attached hydrogens (tertiary/aromatic N) is 2. The molecule has 0 aliphatic carbocycles. The van der Waals surface area contributed by atoms with Crippen molar-refractivity contribution in [3.8, 4) is 5.75 Å². The summed E-state index contributed by atoms with van der Waals surface area (Å²) in [5.41, 5.74) is 3.46. The van der Waals surface area contributed by atoms with E-state index in [0.717, 1.165) is 23.6 Å². The van der Waals surface area contributed by atoms with Crippen molar-refractivity contribution < 1.29 is 4.74 Å². The van der Waals surface area contributed by atoms with E-state index in [9.17, 15) is 0 Å². The third-order valence-electron chi connectivity index (χ3n) is 4.08. The van der Waals surface area contributed by atoms with E-state index in [0.29, 0.717) is 6.61 Å². The molecule has 1 heterocycles. The van der Waals surface area contributed by atoms with Gasteiger partial charge < -0.3 is 9.30 Å². The smallest absolute Gasteiger partial charge is 0.147 e. The Labute approximate surface area is 137 Å². The number of hydrogen-bond acceptors (Lipinski definition) is 2. The summed E-state index contributed by atoms with van der Waals surface area (Å²) < 4.78 is 8.27. The van der Waals surface area contributed by atoms with E-state index < -0.39 is 0 Å². The first kappa shape index (κ1) is 15.6. The van der Waals surface area contributed by atoms with Crippen molar-refractivity contribution in [3.63, 3.8) is 0 Å². The van der Waals surface area contributed by atoms with Gasteiger partial charge in [-0.25, -0.2) is 4.98 Å². The molecule has 3 rings (SSSR count). The number of rotatable bonds is 7. The van der Waals surface area contributed by atoms with E-state index in [1.54, 1.807) is 0 Å². The molecule has 3 aromatic rings. The molecule has 0 radical (unpaired) electrons. The predicted molar refractivity (Wildman–Crippen MR) is 94.8 cm³/mol. The minimum absolute atomic E-state index is 0.504. The van der Waals surface area contributed by atoms with E-state index in [1.807, 2.05) is 18.2 Å². The quantitative estimate of drug-likeness (QED) is 0.567. The van der Waals surface area contributed by atoms with Crippen LogP contribution in [0, 0.1) is 6.92 Å². The minimum atomic E-state index is 0.504. The summed E-state index contributed by atoms with van der Waals surface area (Å²) in [7, 11) is 0. The Morgan fingerprint density at radius 3 is 2.74 bits per heavy atom. The zero-order valence-electron chi connectivity index (χ0n) is 14.0. The van der Waals surface area contributed by atoms with Gasteiger partial charge in [0.15, 0.2) is 0 Å². The Morgan fingerprint density at radius 2 is 1.91 bits per heavy atom. The Balaban J connectivity index is 1.82. The zero-order chi connectivity index (χ0) is 16.1. The van der Waals surface area contributed by atoms with Crippen LogP contribution in [0.4, 0.5) is 0 Å². The van der Waals surface area contributed by atoms with Gasteiger partial charge in [0.05, 0.1) is 11.0 Å². The van der Waals surface area contributed by atoms with Gasteiger partial charge in [-0.2, -0.15) is 0 Å². The third-order valence-corrected chi connectivity index (χ3v) is 4.08. The molecule has 0 N–H and O–H groups in total. The fourth-order valence-corrected chi connectivity index (χ4v) is 2.86. The Kier molecular flexibility index (Phi) is 4.96. The summed E-state index contributed by atoms with van der Waals surface area (Å²) in [5.74, 6) is 1.90. The molecule has 120 valence electrons. The van der Waals surface area contributed by atoms with Gasteiger partial charge in [0.2, 0.25) is 0 Å². The lowest BCUT2D eigenvalue weighted by atomic mass is 10.2. The third kappa shape index (κ3) is 3.73. The van der Waals surface area contributed by atoms with Crippen molar-refractivity contribution in [2.45, 2.75) is 46.3 Å². The fourth-order valence-electron chi connectivity index (χ4n) is 2.86. The Hall–Kier alpha value is -2.29. The SMILES string of the molecule is CCCCCn1c(COc2cccc(C)c2)nc2ccccc21. The number of para-hydroxylation sites is 2. The molecule has 0 spiro atoms. The summed E-state index contributed by atoms with van der Waals surface area (Å²) in [4.78, 5) is 4.77. The van der Waals surface area contributed by atoms with E-state index >= 15 is 0 Å². The number of hydrogen-bond donors (Lipinski definition) is 0. The van der Waals surface area contributed by atoms with Gasteiger partial charge in [0, 0.05) is 6.54 Å². The topological polar surface area (TPSA) is 27.1 Å². The highest BCUT2D eigenvalue weighted by molar-refractivity contribution is 5.75. The number of benzene rings is 2. The standard InChI is InChI=1S/C20H24N2O/c1-3-4-7-13-22-19-12-6-5-11-18(19)21-20(22)15-23-17-10-8-9-16(2)14-17/h5-6,8-12,14H,3-4,7,13,15H2,1-2H3. The van der Waals surface area contributed by atoms with Crippen LogP contribution in [0.5, 0.6) is 5.75 Å². The van der Waals surface area contributed by atoms with Gasteiger partial charge in [0.1, 0.15) is 18.2 Å². The van der Waals surface area contributed by atoms with Crippen molar-refractivity contribution in [2.24, 2.45) is 0 Å². The number of aromatic nitrogens is 2. The second-order valence-corrected chi connectivity index (χ2v) is 5.98. The van der Waals surface area contributed by atoms with E-state index in [2.05, 4.69) is 48.7 Å². The van der Waals surface area contributed by atoms with Crippen molar-refractivity contribution in [2.75, 3.05) is 0 Å². The van der Waals surface area contributed by atoms with Crippen LogP contribution < -0.4 is 4.74 Å². The second-order valence-electron chi connectivity index (χ2n) is 5.98. The van der Waals surface area contributed by atoms with Gasteiger partial charge in [-0.1, -0.05) is 44.0 Å². The van der Waals surface area contributed by atoms with Crippen LogP contribution in [-0.2, 0) is 13.2 Å². The number of ether oxygens (including phenoxy) is 1. The van der Waals surface area contributed by atoms with Gasteiger partial charge in [0.25, 0.3) is 0 Å². The molecule has 3 nitrogen and oxygen atoms in total. The molecule has 0 amide bonds. The molecule has 0 aliphatic rings. The lowest BCUT2D eigenvalue weighted by Gasteiger charge is -2.10. The molecule has 23 heavy (non-hydrogen) atoms. The predicted octanol–water partition coefficient (Wildman–Crippen LogP) is 5.11. The summed E-state index contributed by atoms with van der Waals surface area (Å²) >= 11 is 0. The van der Waals surface area contributed by atoms with Gasteiger partial charge >= 0.3 is 0 Å². The minimum Gasteiger partial charge on any atom is -0.486 e. The highest BCUT2D eigenvalue weighted by Crippen LogP contribution is 2.20. The molecule has 3 heteroatoms. The van der Waals surface area contributed by atoms with Crippen LogP contribution in [0.3, 0.4) is 0 Å². The number of imidazole rings is 1. The lowest BCUT2D eigenvalue weighted by Crippen LogP contribution is -2.07. The van der Waals surface area contributed by atoms with Crippen LogP contribution in [0.2, 0.25) is 0 Å². The first-order chi connectivity index (χ1) is 11.3. The Bertz CT molecular complexity index is 776. The average molecular weight is 308 g/mol. The number of aryl methyl sites for hydroxylation is 2.